The normalized spacial score (nSPS) is 25.6. The standard InChI is InChI=1S/C44H54F2N6O8/c1-4-6-7-8-15-37(53)47-33(22-27-20-29(45)23-30(46)21-27)39(54)49-34-25-60-44(59)36-19-26(3)24-52(36)41(56)32(5-2)48-40(55)38-31-13-10-9-12-28(31)16-18-51(38)43(58)35-14-11-17-50(35)42(34)57/h8-10,12-13,15,20-21,23,26,32-36,38H,4-7,11,14,16-19,22,24-25H2,1-3H3,(H,47,53)(H,48,55)(H,49,54)/b15-8+/t26-,32+,33+,34+,35+,36+,38+/m1/s1. The zero-order valence-corrected chi connectivity index (χ0v) is 34.3. The lowest BCUT2D eigenvalue weighted by molar-refractivity contribution is -0.158. The van der Waals surface area contributed by atoms with Crippen molar-refractivity contribution in [3.63, 3.8) is 0 Å². The van der Waals surface area contributed by atoms with E-state index in [2.05, 4.69) is 16.0 Å². The first-order valence-corrected chi connectivity index (χ1v) is 21.0. The van der Waals surface area contributed by atoms with Gasteiger partial charge in [0.15, 0.2) is 0 Å². The number of carbonyl (C=O) groups excluding carboxylic acids is 7. The minimum atomic E-state index is -1.58. The van der Waals surface area contributed by atoms with E-state index in [0.29, 0.717) is 30.9 Å². The molecule has 14 nitrogen and oxygen atoms in total. The van der Waals surface area contributed by atoms with Gasteiger partial charge in [0, 0.05) is 32.1 Å². The van der Waals surface area contributed by atoms with Crippen LogP contribution in [-0.2, 0) is 51.1 Å². The third-order valence-electron chi connectivity index (χ3n) is 11.7. The number of cyclic esters (lactones) is 1. The van der Waals surface area contributed by atoms with Crippen LogP contribution in [-0.4, -0.2) is 113 Å². The van der Waals surface area contributed by atoms with E-state index >= 15 is 0 Å². The first-order chi connectivity index (χ1) is 28.8. The van der Waals surface area contributed by atoms with Crippen LogP contribution in [0.4, 0.5) is 8.78 Å². The molecule has 2 aromatic carbocycles. The van der Waals surface area contributed by atoms with Crippen molar-refractivity contribution in [3.05, 3.63) is 82.9 Å². The highest BCUT2D eigenvalue weighted by Gasteiger charge is 2.47. The highest BCUT2D eigenvalue weighted by Crippen LogP contribution is 2.34. The van der Waals surface area contributed by atoms with Crippen LogP contribution in [0.15, 0.2) is 54.6 Å². The summed E-state index contributed by atoms with van der Waals surface area (Å²) in [5.41, 5.74) is 1.52. The van der Waals surface area contributed by atoms with E-state index in [9.17, 15) is 42.3 Å². The van der Waals surface area contributed by atoms with Gasteiger partial charge in [-0.25, -0.2) is 13.6 Å². The molecule has 60 heavy (non-hydrogen) atoms. The summed E-state index contributed by atoms with van der Waals surface area (Å²) in [6.07, 6.45) is 6.40. The van der Waals surface area contributed by atoms with Gasteiger partial charge in [-0.1, -0.05) is 64.0 Å². The monoisotopic (exact) mass is 832 g/mol. The van der Waals surface area contributed by atoms with Crippen molar-refractivity contribution < 1.29 is 47.1 Å². The fraction of sp³-hybridized carbons (Fsp3) is 0.523. The Morgan fingerprint density at radius 2 is 1.70 bits per heavy atom. The Kier molecular flexibility index (Phi) is 14.3. The maximum atomic E-state index is 14.6. The molecule has 0 unspecified atom stereocenters. The van der Waals surface area contributed by atoms with Gasteiger partial charge in [-0.15, -0.1) is 0 Å². The topological polar surface area (TPSA) is 175 Å². The van der Waals surface area contributed by atoms with Crippen molar-refractivity contribution in [2.45, 2.75) is 115 Å². The third-order valence-corrected chi connectivity index (χ3v) is 11.7. The average Bonchev–Trinajstić information content (AvgIpc) is 3.88. The van der Waals surface area contributed by atoms with Crippen LogP contribution in [0, 0.1) is 17.6 Å². The van der Waals surface area contributed by atoms with Crippen LogP contribution in [0.3, 0.4) is 0 Å². The summed E-state index contributed by atoms with van der Waals surface area (Å²) in [7, 11) is 0. The average molecular weight is 833 g/mol. The van der Waals surface area contributed by atoms with Gasteiger partial charge >= 0.3 is 5.97 Å². The molecule has 0 radical (unpaired) electrons. The first-order valence-electron chi connectivity index (χ1n) is 21.0. The van der Waals surface area contributed by atoms with Crippen molar-refractivity contribution in [2.75, 3.05) is 26.2 Å². The van der Waals surface area contributed by atoms with E-state index in [1.54, 1.807) is 25.1 Å². The number of halogens is 2. The Morgan fingerprint density at radius 1 is 0.950 bits per heavy atom. The molecule has 4 aliphatic heterocycles. The number of nitrogens with one attached hydrogen (secondary N) is 3. The molecule has 0 spiro atoms. The second kappa shape index (κ2) is 19.6. The number of fused-ring (bicyclic) bond motifs is 5. The fourth-order valence-corrected chi connectivity index (χ4v) is 8.68. The van der Waals surface area contributed by atoms with E-state index in [1.165, 1.54) is 20.8 Å². The van der Waals surface area contributed by atoms with E-state index < -0.39 is 95.9 Å². The SMILES string of the molecule is CCCC/C=C/C(=O)N[C@@H](Cc1cc(F)cc(F)c1)C(=O)N[C@H]1COC(=O)[C@@H]2C[C@@H](C)CN2C(=O)[C@H](CC)NC(=O)[C@@H]2c3ccccc3CCN2C(=O)[C@@H]2CCCN2C1=O. The van der Waals surface area contributed by atoms with Gasteiger partial charge in [0.05, 0.1) is 0 Å². The number of allylic oxidation sites excluding steroid dienone is 1. The Morgan fingerprint density at radius 3 is 2.43 bits per heavy atom. The summed E-state index contributed by atoms with van der Waals surface area (Å²) >= 11 is 0. The van der Waals surface area contributed by atoms with Gasteiger partial charge in [-0.2, -0.15) is 0 Å². The van der Waals surface area contributed by atoms with Crippen LogP contribution in [0.2, 0.25) is 0 Å². The molecule has 3 fully saturated rings. The number of rotatable bonds is 10. The van der Waals surface area contributed by atoms with Crippen molar-refractivity contribution in [1.82, 2.24) is 30.7 Å². The molecule has 0 aliphatic carbocycles. The number of unbranched alkanes of at least 4 members (excludes halogenated alkanes) is 2. The molecule has 3 N–H and O–H groups in total. The fourth-order valence-electron chi connectivity index (χ4n) is 8.68. The third kappa shape index (κ3) is 10.0. The lowest BCUT2D eigenvalue weighted by Crippen LogP contribution is -2.60. The summed E-state index contributed by atoms with van der Waals surface area (Å²) in [6, 6.07) is 2.73. The molecule has 16 heteroatoms. The summed E-state index contributed by atoms with van der Waals surface area (Å²) in [5.74, 6) is -6.61. The van der Waals surface area contributed by atoms with Crippen LogP contribution in [0.1, 0.15) is 88.4 Å². The van der Waals surface area contributed by atoms with Crippen molar-refractivity contribution >= 4 is 41.4 Å². The molecule has 3 saturated heterocycles. The van der Waals surface area contributed by atoms with E-state index in [1.807, 2.05) is 26.0 Å². The largest absolute Gasteiger partial charge is 0.461 e. The molecule has 2 aromatic rings. The predicted octanol–water partition coefficient (Wildman–Crippen LogP) is 3.03. The lowest BCUT2D eigenvalue weighted by Gasteiger charge is -2.40. The van der Waals surface area contributed by atoms with Gasteiger partial charge in [0.2, 0.25) is 35.4 Å². The quantitative estimate of drug-likeness (QED) is 0.186. The minimum absolute atomic E-state index is 0.0519. The molecule has 6 amide bonds. The molecule has 4 aliphatic rings. The molecule has 0 saturated carbocycles. The highest BCUT2D eigenvalue weighted by molar-refractivity contribution is 5.99. The van der Waals surface area contributed by atoms with Crippen LogP contribution < -0.4 is 16.0 Å². The highest BCUT2D eigenvalue weighted by atomic mass is 19.1. The second-order valence-corrected chi connectivity index (χ2v) is 16.2. The molecule has 0 bridgehead atoms. The van der Waals surface area contributed by atoms with Gasteiger partial charge < -0.3 is 35.4 Å². The Labute approximate surface area is 348 Å². The molecule has 6 rings (SSSR count). The minimum Gasteiger partial charge on any atom is -0.461 e. The zero-order valence-electron chi connectivity index (χ0n) is 34.3. The number of esters is 1. The molecule has 0 aromatic heterocycles. The van der Waals surface area contributed by atoms with Gasteiger partial charge in [-0.05, 0) is 79.3 Å². The summed E-state index contributed by atoms with van der Waals surface area (Å²) < 4.78 is 34.3. The summed E-state index contributed by atoms with van der Waals surface area (Å²) in [5, 5.41) is 8.08. The van der Waals surface area contributed by atoms with Gasteiger partial charge in [0.25, 0.3) is 0 Å². The molecule has 4 heterocycles. The second-order valence-electron chi connectivity index (χ2n) is 16.2. The van der Waals surface area contributed by atoms with Crippen LogP contribution >= 0.6 is 0 Å². The number of nitrogens with zero attached hydrogens (tertiary/aromatic N) is 3. The van der Waals surface area contributed by atoms with Crippen LogP contribution in [0.25, 0.3) is 0 Å². The summed E-state index contributed by atoms with van der Waals surface area (Å²) in [4.78, 5) is 103. The number of carbonyl (C=O) groups is 7. The van der Waals surface area contributed by atoms with Gasteiger partial charge in [-0.3, -0.25) is 28.8 Å². The maximum Gasteiger partial charge on any atom is 0.328 e. The number of hydrogen-bond acceptors (Lipinski definition) is 8. The van der Waals surface area contributed by atoms with Gasteiger partial charge in [0.1, 0.15) is 54.5 Å². The van der Waals surface area contributed by atoms with Crippen molar-refractivity contribution in [3.8, 4) is 0 Å². The molecule has 322 valence electrons. The molecular formula is C44H54F2N6O8. The first kappa shape index (κ1) is 43.9. The van der Waals surface area contributed by atoms with Crippen LogP contribution in [0.5, 0.6) is 0 Å². The molecular weight excluding hydrogens is 779 g/mol. The van der Waals surface area contributed by atoms with E-state index in [0.717, 1.165) is 30.5 Å². The predicted molar refractivity (Wildman–Crippen MR) is 214 cm³/mol. The Hall–Kier alpha value is -5.67. The number of hydrogen-bond donors (Lipinski definition) is 3. The summed E-state index contributed by atoms with van der Waals surface area (Å²) in [6.45, 7) is 5.39. The Balaban J connectivity index is 1.36. The van der Waals surface area contributed by atoms with Crippen molar-refractivity contribution in [2.24, 2.45) is 5.92 Å². The van der Waals surface area contributed by atoms with E-state index in [-0.39, 0.29) is 56.8 Å². The maximum absolute atomic E-state index is 14.6. The lowest BCUT2D eigenvalue weighted by atomic mass is 9.91. The number of benzene rings is 2. The zero-order chi connectivity index (χ0) is 43.1. The van der Waals surface area contributed by atoms with E-state index in [4.69, 9.17) is 4.74 Å². The van der Waals surface area contributed by atoms with Crippen molar-refractivity contribution in [1.29, 1.82) is 0 Å². The molecule has 7 atom stereocenters. The Bertz CT molecular complexity index is 1990. The smallest absolute Gasteiger partial charge is 0.328 e. The number of amides is 6. The number of ether oxygens (including phenoxy) is 1.